The van der Waals surface area contributed by atoms with Crippen LogP contribution in [0.15, 0.2) is 47.3 Å². The second-order valence-corrected chi connectivity index (χ2v) is 6.24. The van der Waals surface area contributed by atoms with Gasteiger partial charge >= 0.3 is 6.18 Å². The van der Waals surface area contributed by atoms with Crippen molar-refractivity contribution in [1.82, 2.24) is 14.6 Å². The number of fused-ring (bicyclic) bond motifs is 2. The van der Waals surface area contributed by atoms with Gasteiger partial charge in [-0.1, -0.05) is 6.07 Å². The van der Waals surface area contributed by atoms with Crippen LogP contribution in [0.1, 0.15) is 11.3 Å². The van der Waals surface area contributed by atoms with Crippen molar-refractivity contribution in [2.45, 2.75) is 13.1 Å². The van der Waals surface area contributed by atoms with E-state index in [4.69, 9.17) is 0 Å². The molecule has 0 amide bonds. The molecule has 4 rings (SSSR count). The second-order valence-electron chi connectivity index (χ2n) is 6.24. The molecule has 4 aromatic rings. The Labute approximate surface area is 151 Å². The summed E-state index contributed by atoms with van der Waals surface area (Å²) < 4.78 is 41.4. The lowest BCUT2D eigenvalue weighted by Crippen LogP contribution is -2.08. The number of nitrogens with zero attached hydrogens (tertiary/aromatic N) is 2. The van der Waals surface area contributed by atoms with Gasteiger partial charge in [-0.25, -0.2) is 4.52 Å². The number of rotatable bonds is 2. The molecule has 0 aliphatic carbocycles. The summed E-state index contributed by atoms with van der Waals surface area (Å²) in [5.41, 5.74) is 1.36. The molecule has 0 fully saturated rings. The maximum Gasteiger partial charge on any atom is 0.435 e. The third-order valence-corrected chi connectivity index (χ3v) is 4.57. The third kappa shape index (κ3) is 2.73. The Morgan fingerprint density at radius 2 is 1.89 bits per heavy atom. The Balaban J connectivity index is 2.03. The highest BCUT2D eigenvalue weighted by Gasteiger charge is 2.37. The van der Waals surface area contributed by atoms with Crippen molar-refractivity contribution in [2.24, 2.45) is 0 Å². The summed E-state index contributed by atoms with van der Waals surface area (Å²) in [6.07, 6.45) is -4.54. The Morgan fingerprint density at radius 1 is 1.11 bits per heavy atom. The maximum atomic E-state index is 13.4. The topological polar surface area (TPSA) is 62.2 Å². The molecule has 0 atom stereocenters. The fourth-order valence-corrected chi connectivity index (χ4v) is 3.31. The van der Waals surface area contributed by atoms with E-state index in [9.17, 15) is 18.0 Å². The first-order valence-corrected chi connectivity index (χ1v) is 8.20. The Morgan fingerprint density at radius 3 is 2.59 bits per heavy atom. The molecule has 8 heteroatoms. The van der Waals surface area contributed by atoms with E-state index < -0.39 is 11.9 Å². The molecular weight excluding hydrogens is 357 g/mol. The van der Waals surface area contributed by atoms with E-state index >= 15 is 0 Å². The molecule has 0 saturated heterocycles. The first kappa shape index (κ1) is 17.1. The van der Waals surface area contributed by atoms with Gasteiger partial charge in [-0.15, -0.1) is 0 Å². The fourth-order valence-electron chi connectivity index (χ4n) is 3.31. The zero-order valence-corrected chi connectivity index (χ0v) is 14.5. The second kappa shape index (κ2) is 5.87. The van der Waals surface area contributed by atoms with Crippen LogP contribution in [0.3, 0.4) is 0 Å². The van der Waals surface area contributed by atoms with Crippen LogP contribution >= 0.6 is 0 Å². The van der Waals surface area contributed by atoms with Gasteiger partial charge in [-0.3, -0.25) is 4.79 Å². The van der Waals surface area contributed by atoms with Gasteiger partial charge in [0.05, 0.1) is 5.52 Å². The predicted molar refractivity (Wildman–Crippen MR) is 98.0 cm³/mol. The zero-order chi connectivity index (χ0) is 19.3. The Hall–Kier alpha value is -3.29. The minimum Gasteiger partial charge on any atom is -0.373 e. The van der Waals surface area contributed by atoms with E-state index in [1.54, 1.807) is 37.4 Å². The number of nitrogens with one attached hydrogen (secondary N) is 2. The number of halogens is 3. The van der Waals surface area contributed by atoms with Crippen molar-refractivity contribution < 1.29 is 13.2 Å². The SMILES string of the molecule is CNc1ccc(-c2ccc3[nH]c(=O)ccc3c2)c2c(C)c(C(F)(F)F)nn12. The van der Waals surface area contributed by atoms with Crippen molar-refractivity contribution in [1.29, 1.82) is 0 Å². The predicted octanol–water partition coefficient (Wildman–Crippen LogP) is 4.21. The van der Waals surface area contributed by atoms with Crippen molar-refractivity contribution in [2.75, 3.05) is 12.4 Å². The summed E-state index contributed by atoms with van der Waals surface area (Å²) in [6, 6.07) is 11.9. The molecule has 0 aliphatic rings. The molecule has 0 radical (unpaired) electrons. The molecule has 0 unspecified atom stereocenters. The average molecular weight is 372 g/mol. The summed E-state index contributed by atoms with van der Waals surface area (Å²) >= 11 is 0. The number of benzene rings is 1. The standard InChI is InChI=1S/C19H15F3N4O/c1-10-17-13(11-3-6-14-12(9-11)4-8-16(27)24-14)5-7-15(23-2)26(17)25-18(10)19(20,21)22/h3-9,23H,1-2H3,(H,24,27). The van der Waals surface area contributed by atoms with Gasteiger partial charge in [-0.2, -0.15) is 18.3 Å². The zero-order valence-electron chi connectivity index (χ0n) is 14.5. The van der Waals surface area contributed by atoms with Gasteiger partial charge in [0.15, 0.2) is 5.69 Å². The highest BCUT2D eigenvalue weighted by atomic mass is 19.4. The van der Waals surface area contributed by atoms with Crippen LogP contribution in [0.5, 0.6) is 0 Å². The van der Waals surface area contributed by atoms with Crippen molar-refractivity contribution in [3.05, 3.63) is 64.1 Å². The molecule has 0 aliphatic heterocycles. The van der Waals surface area contributed by atoms with Crippen LogP contribution in [-0.4, -0.2) is 21.6 Å². The van der Waals surface area contributed by atoms with E-state index in [-0.39, 0.29) is 11.1 Å². The smallest absolute Gasteiger partial charge is 0.373 e. The average Bonchev–Trinajstić information content (AvgIpc) is 2.99. The number of anilines is 1. The number of hydrogen-bond donors (Lipinski definition) is 2. The summed E-state index contributed by atoms with van der Waals surface area (Å²) in [5, 5.41) is 7.45. The monoisotopic (exact) mass is 372 g/mol. The van der Waals surface area contributed by atoms with Crippen LogP contribution in [0, 0.1) is 6.92 Å². The van der Waals surface area contributed by atoms with Crippen LogP contribution in [0.25, 0.3) is 27.5 Å². The maximum absolute atomic E-state index is 13.4. The van der Waals surface area contributed by atoms with E-state index in [1.807, 2.05) is 6.07 Å². The van der Waals surface area contributed by atoms with E-state index in [1.165, 1.54) is 17.5 Å². The summed E-state index contributed by atoms with van der Waals surface area (Å²) in [4.78, 5) is 14.2. The molecule has 1 aromatic carbocycles. The Bertz CT molecular complexity index is 1240. The van der Waals surface area contributed by atoms with Crippen molar-refractivity contribution in [3.8, 4) is 11.1 Å². The summed E-state index contributed by atoms with van der Waals surface area (Å²) in [7, 11) is 1.63. The lowest BCUT2D eigenvalue weighted by atomic mass is 10.0. The summed E-state index contributed by atoms with van der Waals surface area (Å²) in [6.45, 7) is 1.42. The van der Waals surface area contributed by atoms with Gasteiger partial charge in [0, 0.05) is 29.8 Å². The molecule has 0 saturated carbocycles. The van der Waals surface area contributed by atoms with E-state index in [0.29, 0.717) is 22.4 Å². The number of aryl methyl sites for hydroxylation is 1. The largest absolute Gasteiger partial charge is 0.435 e. The third-order valence-electron chi connectivity index (χ3n) is 4.57. The summed E-state index contributed by atoms with van der Waals surface area (Å²) in [5.74, 6) is 0.456. The van der Waals surface area contributed by atoms with Gasteiger partial charge in [0.25, 0.3) is 0 Å². The normalized spacial score (nSPS) is 12.0. The lowest BCUT2D eigenvalue weighted by molar-refractivity contribution is -0.141. The van der Waals surface area contributed by atoms with Crippen LogP contribution in [-0.2, 0) is 6.18 Å². The first-order valence-electron chi connectivity index (χ1n) is 8.20. The molecule has 5 nitrogen and oxygen atoms in total. The molecule has 0 spiro atoms. The molecular formula is C19H15F3N4O. The molecule has 138 valence electrons. The van der Waals surface area contributed by atoms with Crippen LogP contribution < -0.4 is 10.9 Å². The van der Waals surface area contributed by atoms with Crippen LogP contribution in [0.4, 0.5) is 19.0 Å². The fraction of sp³-hybridized carbons (Fsp3) is 0.158. The van der Waals surface area contributed by atoms with Gasteiger partial charge in [0.1, 0.15) is 5.82 Å². The van der Waals surface area contributed by atoms with Crippen LogP contribution in [0.2, 0.25) is 0 Å². The Kier molecular flexibility index (Phi) is 3.73. The lowest BCUT2D eigenvalue weighted by Gasteiger charge is -2.10. The minimum absolute atomic E-state index is 0.0659. The number of aromatic nitrogens is 3. The van der Waals surface area contributed by atoms with Gasteiger partial charge < -0.3 is 10.3 Å². The first-order chi connectivity index (χ1) is 12.8. The molecule has 27 heavy (non-hydrogen) atoms. The number of hydrogen-bond acceptors (Lipinski definition) is 3. The highest BCUT2D eigenvalue weighted by Crippen LogP contribution is 2.37. The van der Waals surface area contributed by atoms with E-state index in [2.05, 4.69) is 15.4 Å². The number of pyridine rings is 2. The molecule has 3 aromatic heterocycles. The number of alkyl halides is 3. The number of H-pyrrole nitrogens is 1. The quantitative estimate of drug-likeness (QED) is 0.554. The van der Waals surface area contributed by atoms with Gasteiger partial charge in [-0.05, 0) is 48.2 Å². The van der Waals surface area contributed by atoms with Gasteiger partial charge in [0.2, 0.25) is 5.56 Å². The van der Waals surface area contributed by atoms with Crippen molar-refractivity contribution in [3.63, 3.8) is 0 Å². The number of aromatic amines is 1. The minimum atomic E-state index is -4.54. The van der Waals surface area contributed by atoms with E-state index in [0.717, 1.165) is 10.9 Å². The van der Waals surface area contributed by atoms with Crippen molar-refractivity contribution >= 4 is 22.2 Å². The highest BCUT2D eigenvalue weighted by molar-refractivity contribution is 5.90. The molecule has 0 bridgehead atoms. The molecule has 3 heterocycles. The molecule has 2 N–H and O–H groups in total.